The number of carbonyl (C=O) groups excluding carboxylic acids is 1. The second-order valence-electron chi connectivity index (χ2n) is 4.61. The molecule has 1 atom stereocenters. The molecule has 0 spiro atoms. The monoisotopic (exact) mass is 308 g/mol. The van der Waals surface area contributed by atoms with E-state index in [-0.39, 0.29) is 34.4 Å². The number of hydrogen-bond donors (Lipinski definition) is 0. The fourth-order valence-corrected chi connectivity index (χ4v) is 4.13. The Labute approximate surface area is 140 Å². The largest absolute Gasteiger partial charge is 1.00 e. The summed E-state index contributed by atoms with van der Waals surface area (Å²) in [6.07, 6.45) is 4.76. The molecule has 0 radical (unpaired) electrons. The van der Waals surface area contributed by atoms with E-state index in [1.54, 1.807) is 19.2 Å². The van der Waals surface area contributed by atoms with Gasteiger partial charge < -0.3 is 10.9 Å². The van der Waals surface area contributed by atoms with Crippen molar-refractivity contribution in [2.24, 2.45) is 0 Å². The summed E-state index contributed by atoms with van der Waals surface area (Å²) >= 11 is 6.09. The van der Waals surface area contributed by atoms with Crippen molar-refractivity contribution in [1.82, 2.24) is 0 Å². The fraction of sp³-hybridized carbons (Fsp3) is 0.500. The van der Waals surface area contributed by atoms with E-state index in [1.807, 2.05) is 0 Å². The van der Waals surface area contributed by atoms with Gasteiger partial charge in [-0.05, 0) is 39.2 Å². The molecule has 20 heavy (non-hydrogen) atoms. The third kappa shape index (κ3) is 3.92. The average molecular weight is 309 g/mol. The number of halogens is 1. The van der Waals surface area contributed by atoms with Gasteiger partial charge in [-0.2, -0.15) is 0 Å². The molecule has 0 aliphatic heterocycles. The zero-order valence-corrected chi connectivity index (χ0v) is 13.9. The van der Waals surface area contributed by atoms with Gasteiger partial charge in [-0.25, -0.2) is 0 Å². The minimum absolute atomic E-state index is 0. The van der Waals surface area contributed by atoms with Crippen molar-refractivity contribution in [3.63, 3.8) is 0 Å². The van der Waals surface area contributed by atoms with Gasteiger partial charge >= 0.3 is 18.9 Å². The van der Waals surface area contributed by atoms with Crippen LogP contribution in [-0.4, -0.2) is 25.4 Å². The maximum atomic E-state index is 12.5. The van der Waals surface area contributed by atoms with Crippen molar-refractivity contribution in [3.8, 4) is 11.5 Å². The minimum Gasteiger partial charge on any atom is -1.00 e. The number of methoxy groups -OCH3 is 2. The first-order valence-electron chi connectivity index (χ1n) is 6.38. The van der Waals surface area contributed by atoms with Gasteiger partial charge in [0, 0.05) is 0 Å². The van der Waals surface area contributed by atoms with Crippen molar-refractivity contribution in [3.05, 3.63) is 22.7 Å². The molecule has 1 unspecified atom stereocenters. The molecule has 106 valence electrons. The molecule has 1 aromatic rings. The summed E-state index contributed by atoms with van der Waals surface area (Å²) in [6, 6.07) is 3.41. The van der Waals surface area contributed by atoms with E-state index in [9.17, 15) is 4.79 Å². The molecule has 1 aromatic carbocycles. The zero-order chi connectivity index (χ0) is 13.8. The molecule has 0 aromatic heterocycles. The van der Waals surface area contributed by atoms with Crippen LogP contribution in [0.3, 0.4) is 0 Å². The smallest absolute Gasteiger partial charge is 1.00 e. The second kappa shape index (κ2) is 8.30. The number of carbonyl (C=O) groups is 1. The summed E-state index contributed by atoms with van der Waals surface area (Å²) in [5.41, 5.74) is 1.09. The van der Waals surface area contributed by atoms with Crippen LogP contribution in [0.4, 0.5) is 0 Å². The van der Waals surface area contributed by atoms with E-state index in [1.165, 1.54) is 20.0 Å². The maximum Gasteiger partial charge on any atom is 1.00 e. The Balaban J connectivity index is 0.00000200. The summed E-state index contributed by atoms with van der Waals surface area (Å²) in [6.45, 7) is 0. The first-order valence-corrected chi connectivity index (χ1v) is 7.84. The number of rotatable bonds is 5. The van der Waals surface area contributed by atoms with E-state index < -0.39 is 0 Å². The molecular weight excluding hydrogens is 290 g/mol. The molecule has 2 rings (SSSR count). The van der Waals surface area contributed by atoms with Crippen LogP contribution in [0, 0.1) is 0 Å². The van der Waals surface area contributed by atoms with Crippen LogP contribution in [0.1, 0.15) is 37.5 Å². The molecule has 1 aliphatic carbocycles. The van der Waals surface area contributed by atoms with Crippen LogP contribution in [0.15, 0.2) is 12.1 Å². The van der Waals surface area contributed by atoms with Crippen molar-refractivity contribution in [2.45, 2.75) is 31.3 Å². The van der Waals surface area contributed by atoms with E-state index in [4.69, 9.17) is 21.1 Å². The predicted octanol–water partition coefficient (Wildman–Crippen LogP) is 1.23. The quantitative estimate of drug-likeness (QED) is 0.606. The van der Waals surface area contributed by atoms with Gasteiger partial charge in [0.15, 0.2) is 11.3 Å². The number of ether oxygens (including phenoxy) is 2. The van der Waals surface area contributed by atoms with Crippen LogP contribution < -0.4 is 28.3 Å². The van der Waals surface area contributed by atoms with Gasteiger partial charge in [-0.1, -0.05) is 24.4 Å². The van der Waals surface area contributed by atoms with Crippen molar-refractivity contribution >= 4 is 25.7 Å². The van der Waals surface area contributed by atoms with E-state index in [0.29, 0.717) is 27.7 Å². The molecule has 6 heteroatoms. The zero-order valence-electron chi connectivity index (χ0n) is 13.2. The topological polar surface area (TPSA) is 35.5 Å². The van der Waals surface area contributed by atoms with Gasteiger partial charge in [0.05, 0.1) is 19.2 Å². The number of hydrogen-bond acceptors (Lipinski definition) is 3. The second-order valence-corrected chi connectivity index (χ2v) is 6.58. The SMILES string of the molecule is COc1ccc(Cl)c(OC)c1C(=O)PC1CCCC1.[H-].[Li+]. The first kappa shape index (κ1) is 17.9. The van der Waals surface area contributed by atoms with Crippen LogP contribution in [0.25, 0.3) is 0 Å². The van der Waals surface area contributed by atoms with Gasteiger partial charge in [0.25, 0.3) is 0 Å². The van der Waals surface area contributed by atoms with Gasteiger partial charge in [-0.15, -0.1) is 0 Å². The molecule has 1 aliphatic rings. The summed E-state index contributed by atoms with van der Waals surface area (Å²) < 4.78 is 10.5. The third-order valence-corrected chi connectivity index (χ3v) is 5.21. The average Bonchev–Trinajstić information content (AvgIpc) is 2.91. The summed E-state index contributed by atoms with van der Waals surface area (Å²) in [4.78, 5) is 12.5. The van der Waals surface area contributed by atoms with Gasteiger partial charge in [0.2, 0.25) is 0 Å². The van der Waals surface area contributed by atoms with Gasteiger partial charge in [0.1, 0.15) is 11.3 Å². The third-order valence-electron chi connectivity index (χ3n) is 3.41. The molecule has 0 amide bonds. The van der Waals surface area contributed by atoms with Crippen molar-refractivity contribution in [1.29, 1.82) is 0 Å². The predicted molar refractivity (Wildman–Crippen MR) is 80.6 cm³/mol. The Bertz CT molecular complexity index is 482. The molecule has 1 fully saturated rings. The van der Waals surface area contributed by atoms with Crippen LogP contribution in [0.2, 0.25) is 5.02 Å². The fourth-order valence-electron chi connectivity index (χ4n) is 2.45. The van der Waals surface area contributed by atoms with Crippen LogP contribution >= 0.6 is 20.2 Å². The molecule has 0 saturated heterocycles. The van der Waals surface area contributed by atoms with Gasteiger partial charge in [-0.3, -0.25) is 4.79 Å². The molecule has 0 N–H and O–H groups in total. The number of benzene rings is 1. The summed E-state index contributed by atoms with van der Waals surface area (Å²) in [5.74, 6) is 0.966. The Hall–Kier alpha value is -0.193. The van der Waals surface area contributed by atoms with Crippen molar-refractivity contribution < 1.29 is 34.6 Å². The molecule has 3 nitrogen and oxygen atoms in total. The summed E-state index contributed by atoms with van der Waals surface area (Å²) in [7, 11) is 3.35. The molecule has 0 bridgehead atoms. The standard InChI is InChI=1S/C14H18ClO3P.Li.H/c1-17-11-8-7-10(15)13(18-2)12(11)14(16)19-9-5-3-4-6-9;;/h7-9,19H,3-6H2,1-2H3;;/q;+1;-1. The minimum atomic E-state index is 0. The van der Waals surface area contributed by atoms with E-state index in [0.717, 1.165) is 12.8 Å². The maximum absolute atomic E-state index is 12.5. The Kier molecular flexibility index (Phi) is 7.41. The Morgan fingerprint density at radius 2 is 1.95 bits per heavy atom. The molecular formula is C14H19ClLiO3P. The first-order chi connectivity index (χ1) is 9.17. The Morgan fingerprint density at radius 3 is 2.50 bits per heavy atom. The summed E-state index contributed by atoms with van der Waals surface area (Å²) in [5, 5.41) is 0.447. The molecule has 0 heterocycles. The van der Waals surface area contributed by atoms with E-state index in [2.05, 4.69) is 0 Å². The molecule has 1 saturated carbocycles. The van der Waals surface area contributed by atoms with E-state index >= 15 is 0 Å². The van der Waals surface area contributed by atoms with Crippen molar-refractivity contribution in [2.75, 3.05) is 14.2 Å². The normalized spacial score (nSPS) is 15.3. The van der Waals surface area contributed by atoms with Crippen LogP contribution in [-0.2, 0) is 0 Å². The Morgan fingerprint density at radius 1 is 1.30 bits per heavy atom. The van der Waals surface area contributed by atoms with Crippen LogP contribution in [0.5, 0.6) is 11.5 Å².